The summed E-state index contributed by atoms with van der Waals surface area (Å²) in [5, 5.41) is 0. The van der Waals surface area contributed by atoms with Gasteiger partial charge in [-0.2, -0.15) is 0 Å². The first-order chi connectivity index (χ1) is 9.11. The van der Waals surface area contributed by atoms with E-state index in [9.17, 15) is 17.6 Å². The van der Waals surface area contributed by atoms with Gasteiger partial charge in [0.15, 0.2) is 0 Å². The Hall–Kier alpha value is -1.14. The smallest absolute Gasteiger partial charge is 0.261 e. The quantitative estimate of drug-likeness (QED) is 0.788. The molecule has 110 valence electrons. The Morgan fingerprint density at radius 2 is 2.00 bits per heavy atom. The highest BCUT2D eigenvalue weighted by Gasteiger charge is 2.36. The minimum absolute atomic E-state index is 0.000741. The molecule has 4 nitrogen and oxygen atoms in total. The topological polar surface area (TPSA) is 54.5 Å². The summed E-state index contributed by atoms with van der Waals surface area (Å²) in [6.45, 7) is 4.43. The molecule has 0 N–H and O–H groups in total. The zero-order valence-electron chi connectivity index (χ0n) is 11.2. The van der Waals surface area contributed by atoms with Crippen LogP contribution in [0.1, 0.15) is 37.0 Å². The Bertz CT molecular complexity index is 658. The second-order valence-electron chi connectivity index (χ2n) is 5.49. The van der Waals surface area contributed by atoms with Crippen LogP contribution < -0.4 is 0 Å². The Kier molecular flexibility index (Phi) is 3.81. The molecule has 1 amide bonds. The largest absolute Gasteiger partial charge is 0.334 e. The van der Waals surface area contributed by atoms with E-state index >= 15 is 0 Å². The molecule has 0 unspecified atom stereocenters. The van der Waals surface area contributed by atoms with Gasteiger partial charge in [0.25, 0.3) is 15.0 Å². The standard InChI is InChI=1S/C13H15ClFNO3S/c1-13(2)4-3-5-16(13)12(17)9-6-10(15)8-11(7-9)20(14,18)19/h6-8H,3-5H2,1-2H3. The molecule has 1 heterocycles. The maximum absolute atomic E-state index is 13.5. The Morgan fingerprint density at radius 1 is 1.35 bits per heavy atom. The molecule has 1 saturated heterocycles. The molecule has 0 bridgehead atoms. The third-order valence-electron chi connectivity index (χ3n) is 3.55. The van der Waals surface area contributed by atoms with Gasteiger partial charge >= 0.3 is 0 Å². The number of amides is 1. The fourth-order valence-corrected chi connectivity index (χ4v) is 3.25. The highest BCUT2D eigenvalue weighted by Crippen LogP contribution is 2.30. The van der Waals surface area contributed by atoms with Crippen LogP contribution in [0.4, 0.5) is 4.39 Å². The van der Waals surface area contributed by atoms with Crippen molar-refractivity contribution in [3.8, 4) is 0 Å². The van der Waals surface area contributed by atoms with Gasteiger partial charge in [0, 0.05) is 28.3 Å². The molecule has 0 spiro atoms. The van der Waals surface area contributed by atoms with E-state index in [1.165, 1.54) is 0 Å². The number of hydrogen-bond donors (Lipinski definition) is 0. The summed E-state index contributed by atoms with van der Waals surface area (Å²) in [5.41, 5.74) is -0.317. The van der Waals surface area contributed by atoms with Crippen LogP contribution in [-0.2, 0) is 9.05 Å². The number of halogens is 2. The number of nitrogens with zero attached hydrogens (tertiary/aromatic N) is 1. The molecule has 1 aromatic rings. The Labute approximate surface area is 121 Å². The average molecular weight is 320 g/mol. The summed E-state index contributed by atoms with van der Waals surface area (Å²) < 4.78 is 36.1. The van der Waals surface area contributed by atoms with Crippen molar-refractivity contribution in [2.24, 2.45) is 0 Å². The van der Waals surface area contributed by atoms with Crippen molar-refractivity contribution in [1.29, 1.82) is 0 Å². The number of benzene rings is 1. The summed E-state index contributed by atoms with van der Waals surface area (Å²) >= 11 is 0. The lowest BCUT2D eigenvalue weighted by atomic mass is 10.0. The average Bonchev–Trinajstić information content (AvgIpc) is 2.66. The van der Waals surface area contributed by atoms with Crippen LogP contribution in [0.5, 0.6) is 0 Å². The van der Waals surface area contributed by atoms with Crippen LogP contribution in [0.15, 0.2) is 23.1 Å². The van der Waals surface area contributed by atoms with E-state index in [0.717, 1.165) is 31.0 Å². The van der Waals surface area contributed by atoms with E-state index in [-0.39, 0.29) is 17.0 Å². The lowest BCUT2D eigenvalue weighted by Crippen LogP contribution is -2.42. The van der Waals surface area contributed by atoms with Gasteiger partial charge in [-0.1, -0.05) is 0 Å². The third kappa shape index (κ3) is 2.96. The summed E-state index contributed by atoms with van der Waals surface area (Å²) in [4.78, 5) is 13.6. The van der Waals surface area contributed by atoms with Crippen molar-refractivity contribution in [2.45, 2.75) is 37.1 Å². The van der Waals surface area contributed by atoms with Crippen molar-refractivity contribution in [1.82, 2.24) is 4.90 Å². The van der Waals surface area contributed by atoms with Crippen LogP contribution in [0.25, 0.3) is 0 Å². The van der Waals surface area contributed by atoms with Crippen LogP contribution in [0, 0.1) is 5.82 Å². The molecule has 20 heavy (non-hydrogen) atoms. The zero-order valence-corrected chi connectivity index (χ0v) is 12.8. The highest BCUT2D eigenvalue weighted by atomic mass is 35.7. The number of carbonyl (C=O) groups is 1. The van der Waals surface area contributed by atoms with Gasteiger partial charge in [0.2, 0.25) is 0 Å². The monoisotopic (exact) mass is 319 g/mol. The first-order valence-corrected chi connectivity index (χ1v) is 8.49. The molecular weight excluding hydrogens is 305 g/mol. The predicted octanol–water partition coefficient (Wildman–Crippen LogP) is 2.77. The molecule has 0 aromatic heterocycles. The van der Waals surface area contributed by atoms with Gasteiger partial charge in [0.05, 0.1) is 4.90 Å². The van der Waals surface area contributed by atoms with Gasteiger partial charge in [-0.3, -0.25) is 4.79 Å². The van der Waals surface area contributed by atoms with Crippen LogP contribution >= 0.6 is 10.7 Å². The van der Waals surface area contributed by atoms with Crippen molar-refractivity contribution < 1.29 is 17.6 Å². The van der Waals surface area contributed by atoms with E-state index in [1.54, 1.807) is 4.90 Å². The molecule has 0 aliphatic carbocycles. The van der Waals surface area contributed by atoms with E-state index in [2.05, 4.69) is 0 Å². The summed E-state index contributed by atoms with van der Waals surface area (Å²) in [5.74, 6) is -1.18. The lowest BCUT2D eigenvalue weighted by Gasteiger charge is -2.31. The molecule has 2 rings (SSSR count). The van der Waals surface area contributed by atoms with E-state index in [4.69, 9.17) is 10.7 Å². The van der Waals surface area contributed by atoms with E-state index in [0.29, 0.717) is 6.54 Å². The van der Waals surface area contributed by atoms with E-state index < -0.39 is 19.8 Å². The molecule has 1 fully saturated rings. The zero-order chi connectivity index (χ0) is 15.1. The molecule has 1 aromatic carbocycles. The van der Waals surface area contributed by atoms with Crippen molar-refractivity contribution in [2.75, 3.05) is 6.54 Å². The second kappa shape index (κ2) is 5.00. The molecule has 0 atom stereocenters. The fourth-order valence-electron chi connectivity index (χ4n) is 2.47. The number of rotatable bonds is 2. The Morgan fingerprint density at radius 3 is 2.50 bits per heavy atom. The first-order valence-electron chi connectivity index (χ1n) is 6.18. The van der Waals surface area contributed by atoms with Gasteiger partial charge in [0.1, 0.15) is 5.82 Å². The normalized spacial score (nSPS) is 18.3. The minimum atomic E-state index is -4.07. The fraction of sp³-hybridized carbons (Fsp3) is 0.462. The molecule has 1 aliphatic rings. The van der Waals surface area contributed by atoms with Crippen LogP contribution in [0.2, 0.25) is 0 Å². The maximum Gasteiger partial charge on any atom is 0.261 e. The number of likely N-dealkylation sites (tertiary alicyclic amines) is 1. The minimum Gasteiger partial charge on any atom is -0.334 e. The highest BCUT2D eigenvalue weighted by molar-refractivity contribution is 8.13. The first kappa shape index (κ1) is 15.3. The Balaban J connectivity index is 2.43. The summed E-state index contributed by atoms with van der Waals surface area (Å²) in [6, 6.07) is 2.94. The predicted molar refractivity (Wildman–Crippen MR) is 73.8 cm³/mol. The second-order valence-corrected chi connectivity index (χ2v) is 8.05. The van der Waals surface area contributed by atoms with Gasteiger partial charge in [-0.15, -0.1) is 0 Å². The molecule has 1 aliphatic heterocycles. The maximum atomic E-state index is 13.5. The lowest BCUT2D eigenvalue weighted by molar-refractivity contribution is 0.0651. The molecule has 0 radical (unpaired) electrons. The van der Waals surface area contributed by atoms with E-state index in [1.807, 2.05) is 13.8 Å². The SMILES string of the molecule is CC1(C)CCCN1C(=O)c1cc(F)cc(S(=O)(=O)Cl)c1. The van der Waals surface area contributed by atoms with Gasteiger partial charge in [-0.05, 0) is 44.9 Å². The van der Waals surface area contributed by atoms with Crippen molar-refractivity contribution in [3.05, 3.63) is 29.6 Å². The number of hydrogen-bond acceptors (Lipinski definition) is 3. The van der Waals surface area contributed by atoms with Crippen LogP contribution in [-0.4, -0.2) is 31.3 Å². The van der Waals surface area contributed by atoms with Crippen molar-refractivity contribution >= 4 is 25.6 Å². The molecule has 0 saturated carbocycles. The molecule has 7 heteroatoms. The third-order valence-corrected chi connectivity index (χ3v) is 4.88. The van der Waals surface area contributed by atoms with Crippen LogP contribution in [0.3, 0.4) is 0 Å². The summed E-state index contributed by atoms with van der Waals surface area (Å²) in [6.07, 6.45) is 1.73. The van der Waals surface area contributed by atoms with Gasteiger partial charge < -0.3 is 4.90 Å². The number of carbonyl (C=O) groups excluding carboxylic acids is 1. The van der Waals surface area contributed by atoms with Gasteiger partial charge in [-0.25, -0.2) is 12.8 Å². The molecular formula is C13H15ClFNO3S. The summed E-state index contributed by atoms with van der Waals surface area (Å²) in [7, 11) is 1.13. The van der Waals surface area contributed by atoms with Crippen molar-refractivity contribution in [3.63, 3.8) is 0 Å².